The standard InChI is InChI=1S/C44H26N4/c1-45-37-27-26-29(47-39-21-8-3-14-30(39)31-15-4-9-22-40(31)47)28-36(37)34-19-13-20-38(46-2)44(34)35-18-7-12-25-43(35)48-41-23-10-5-16-32(41)33-17-6-11-24-42(33)48/h3-28H. The van der Waals surface area contributed by atoms with Crippen LogP contribution < -0.4 is 0 Å². The van der Waals surface area contributed by atoms with Crippen LogP contribution in [0, 0.1) is 13.1 Å². The third-order valence-corrected chi connectivity index (χ3v) is 9.39. The van der Waals surface area contributed by atoms with Crippen LogP contribution in [-0.2, 0) is 0 Å². The van der Waals surface area contributed by atoms with Gasteiger partial charge in [-0.1, -0.05) is 115 Å². The Labute approximate surface area is 277 Å². The Kier molecular flexibility index (Phi) is 6.22. The zero-order chi connectivity index (χ0) is 32.2. The first-order valence-electron chi connectivity index (χ1n) is 15.9. The highest BCUT2D eigenvalue weighted by Crippen LogP contribution is 2.47. The minimum Gasteiger partial charge on any atom is -0.309 e. The molecule has 222 valence electrons. The Balaban J connectivity index is 1.34. The van der Waals surface area contributed by atoms with E-state index in [0.29, 0.717) is 11.4 Å². The second-order valence-electron chi connectivity index (χ2n) is 11.9. The summed E-state index contributed by atoms with van der Waals surface area (Å²) in [4.78, 5) is 8.04. The fourth-order valence-electron chi connectivity index (χ4n) is 7.38. The van der Waals surface area contributed by atoms with E-state index in [-0.39, 0.29) is 0 Å². The molecule has 0 bridgehead atoms. The zero-order valence-corrected chi connectivity index (χ0v) is 25.8. The monoisotopic (exact) mass is 610 g/mol. The Morgan fingerprint density at radius 2 is 0.854 bits per heavy atom. The number of fused-ring (bicyclic) bond motifs is 6. The van der Waals surface area contributed by atoms with Crippen LogP contribution in [0.2, 0.25) is 0 Å². The van der Waals surface area contributed by atoms with Gasteiger partial charge in [0.2, 0.25) is 0 Å². The molecule has 4 nitrogen and oxygen atoms in total. The highest BCUT2D eigenvalue weighted by molar-refractivity contribution is 6.11. The molecular weight excluding hydrogens is 585 g/mol. The molecule has 2 heterocycles. The van der Waals surface area contributed by atoms with Crippen molar-refractivity contribution in [3.63, 3.8) is 0 Å². The number of aromatic nitrogens is 2. The third kappa shape index (κ3) is 4.01. The number of hydrogen-bond acceptors (Lipinski definition) is 0. The summed E-state index contributed by atoms with van der Waals surface area (Å²) in [5.41, 5.74) is 10.8. The quantitative estimate of drug-likeness (QED) is 0.177. The van der Waals surface area contributed by atoms with Crippen LogP contribution >= 0.6 is 0 Å². The Bertz CT molecular complexity index is 2710. The molecule has 9 aromatic rings. The molecule has 0 aliphatic heterocycles. The van der Waals surface area contributed by atoms with Gasteiger partial charge < -0.3 is 9.13 Å². The van der Waals surface area contributed by atoms with E-state index in [1.54, 1.807) is 0 Å². The second-order valence-corrected chi connectivity index (χ2v) is 11.9. The molecule has 2 aromatic heterocycles. The first-order chi connectivity index (χ1) is 23.8. The van der Waals surface area contributed by atoms with Gasteiger partial charge in [0.15, 0.2) is 11.4 Å². The molecule has 0 saturated carbocycles. The zero-order valence-electron chi connectivity index (χ0n) is 25.8. The summed E-state index contributed by atoms with van der Waals surface area (Å²) in [5.74, 6) is 0. The van der Waals surface area contributed by atoms with Crippen molar-refractivity contribution in [3.8, 4) is 33.6 Å². The fraction of sp³-hybridized carbons (Fsp3) is 0. The van der Waals surface area contributed by atoms with Crippen molar-refractivity contribution in [2.24, 2.45) is 0 Å². The van der Waals surface area contributed by atoms with E-state index in [1.165, 1.54) is 21.5 Å². The molecule has 0 aliphatic carbocycles. The molecule has 0 spiro atoms. The molecule has 0 unspecified atom stereocenters. The van der Waals surface area contributed by atoms with Gasteiger partial charge in [0, 0.05) is 27.2 Å². The minimum absolute atomic E-state index is 0.539. The average Bonchev–Trinajstić information content (AvgIpc) is 3.67. The molecular formula is C44H26N4. The van der Waals surface area contributed by atoms with E-state index < -0.39 is 0 Å². The van der Waals surface area contributed by atoms with Crippen molar-refractivity contribution in [1.82, 2.24) is 9.13 Å². The number of para-hydroxylation sites is 5. The lowest BCUT2D eigenvalue weighted by atomic mass is 9.91. The maximum Gasteiger partial charge on any atom is 0.195 e. The van der Waals surface area contributed by atoms with Crippen LogP contribution in [0.15, 0.2) is 158 Å². The normalized spacial score (nSPS) is 11.3. The van der Waals surface area contributed by atoms with E-state index in [1.807, 2.05) is 36.4 Å². The summed E-state index contributed by atoms with van der Waals surface area (Å²) in [6, 6.07) is 54.0. The molecule has 0 aliphatic rings. The van der Waals surface area contributed by atoms with Crippen molar-refractivity contribution < 1.29 is 0 Å². The lowest BCUT2D eigenvalue weighted by Crippen LogP contribution is -1.99. The lowest BCUT2D eigenvalue weighted by molar-refractivity contribution is 1.18. The molecule has 0 amide bonds. The van der Waals surface area contributed by atoms with Gasteiger partial charge in [-0.3, -0.25) is 0 Å². The lowest BCUT2D eigenvalue weighted by Gasteiger charge is -2.19. The number of hydrogen-bond donors (Lipinski definition) is 0. The maximum atomic E-state index is 8.29. The molecule has 0 atom stereocenters. The predicted octanol–water partition coefficient (Wildman–Crippen LogP) is 12.3. The van der Waals surface area contributed by atoms with Crippen molar-refractivity contribution >= 4 is 55.0 Å². The van der Waals surface area contributed by atoms with E-state index >= 15 is 0 Å². The van der Waals surface area contributed by atoms with Crippen LogP contribution in [-0.4, -0.2) is 9.13 Å². The maximum absolute atomic E-state index is 8.29. The largest absolute Gasteiger partial charge is 0.309 e. The molecule has 7 aromatic carbocycles. The summed E-state index contributed by atoms with van der Waals surface area (Å²) >= 11 is 0. The van der Waals surface area contributed by atoms with Gasteiger partial charge in [0.1, 0.15) is 0 Å². The minimum atomic E-state index is 0.539. The molecule has 9 rings (SSSR count). The van der Waals surface area contributed by atoms with Crippen LogP contribution in [0.1, 0.15) is 0 Å². The first-order valence-corrected chi connectivity index (χ1v) is 15.9. The summed E-state index contributed by atoms with van der Waals surface area (Å²) < 4.78 is 4.57. The van der Waals surface area contributed by atoms with Gasteiger partial charge >= 0.3 is 0 Å². The predicted molar refractivity (Wildman–Crippen MR) is 199 cm³/mol. The number of rotatable bonds is 4. The Hall–Kier alpha value is -6.88. The van der Waals surface area contributed by atoms with Crippen molar-refractivity contribution in [2.75, 3.05) is 0 Å². The van der Waals surface area contributed by atoms with Crippen LogP contribution in [0.5, 0.6) is 0 Å². The van der Waals surface area contributed by atoms with Crippen LogP contribution in [0.25, 0.3) is 86.9 Å². The van der Waals surface area contributed by atoms with Gasteiger partial charge in [-0.2, -0.15) is 0 Å². The summed E-state index contributed by atoms with van der Waals surface area (Å²) in [5, 5.41) is 4.71. The van der Waals surface area contributed by atoms with Crippen molar-refractivity contribution in [1.29, 1.82) is 0 Å². The molecule has 0 fully saturated rings. The smallest absolute Gasteiger partial charge is 0.195 e. The summed E-state index contributed by atoms with van der Waals surface area (Å²) in [6.45, 7) is 16.5. The van der Waals surface area contributed by atoms with Gasteiger partial charge in [-0.05, 0) is 64.7 Å². The summed E-state index contributed by atoms with van der Waals surface area (Å²) in [6.07, 6.45) is 0. The van der Waals surface area contributed by atoms with E-state index in [9.17, 15) is 0 Å². The van der Waals surface area contributed by atoms with Gasteiger partial charge in [0.25, 0.3) is 0 Å². The van der Waals surface area contributed by atoms with Gasteiger partial charge in [-0.15, -0.1) is 0 Å². The van der Waals surface area contributed by atoms with Crippen LogP contribution in [0.3, 0.4) is 0 Å². The Morgan fingerprint density at radius 1 is 0.375 bits per heavy atom. The average molecular weight is 611 g/mol. The molecule has 0 radical (unpaired) electrons. The Morgan fingerprint density at radius 3 is 1.42 bits per heavy atom. The first kappa shape index (κ1) is 27.4. The highest BCUT2D eigenvalue weighted by Gasteiger charge is 2.22. The van der Waals surface area contributed by atoms with Crippen molar-refractivity contribution in [2.45, 2.75) is 0 Å². The molecule has 0 N–H and O–H groups in total. The topological polar surface area (TPSA) is 18.6 Å². The van der Waals surface area contributed by atoms with Gasteiger partial charge in [-0.25, -0.2) is 9.69 Å². The second kappa shape index (κ2) is 10.9. The highest BCUT2D eigenvalue weighted by atomic mass is 15.0. The third-order valence-electron chi connectivity index (χ3n) is 9.39. The molecule has 0 saturated heterocycles. The molecule has 4 heteroatoms. The SMILES string of the molecule is [C-]#[N+]c1ccc(-n2c3ccccc3c3ccccc32)cc1-c1cccc([N+]#[C-])c1-c1ccccc1-n1c2ccccc2c2ccccc21. The van der Waals surface area contributed by atoms with E-state index in [4.69, 9.17) is 13.1 Å². The number of benzene rings is 7. The van der Waals surface area contributed by atoms with Crippen molar-refractivity contribution in [3.05, 3.63) is 181 Å². The molecule has 48 heavy (non-hydrogen) atoms. The fourth-order valence-corrected chi connectivity index (χ4v) is 7.38. The number of nitrogens with zero attached hydrogens (tertiary/aromatic N) is 4. The summed E-state index contributed by atoms with van der Waals surface area (Å²) in [7, 11) is 0. The van der Waals surface area contributed by atoms with E-state index in [2.05, 4.69) is 140 Å². The van der Waals surface area contributed by atoms with Crippen LogP contribution in [0.4, 0.5) is 11.4 Å². The van der Waals surface area contributed by atoms with E-state index in [0.717, 1.165) is 55.7 Å². The van der Waals surface area contributed by atoms with Gasteiger partial charge in [0.05, 0.1) is 40.9 Å².